The van der Waals surface area contributed by atoms with Crippen molar-refractivity contribution in [3.8, 4) is 0 Å². The number of nitrogens with one attached hydrogen (secondary N) is 1. The molecule has 1 fully saturated rings. The average molecular weight is 231 g/mol. The van der Waals surface area contributed by atoms with E-state index in [1.54, 1.807) is 0 Å². The Kier molecular flexibility index (Phi) is 2.63. The molecule has 0 aromatic heterocycles. The average Bonchev–Trinajstić information content (AvgIpc) is 2.83. The van der Waals surface area contributed by atoms with Gasteiger partial charge in [0, 0.05) is 19.1 Å². The predicted octanol–water partition coefficient (Wildman–Crippen LogP) is 1.50. The molecule has 17 heavy (non-hydrogen) atoms. The number of piperidine rings is 1. The van der Waals surface area contributed by atoms with Gasteiger partial charge in [0.15, 0.2) is 0 Å². The lowest BCUT2D eigenvalue weighted by atomic mass is 10.0. The van der Waals surface area contributed by atoms with Gasteiger partial charge in [0.05, 0.1) is 18.0 Å². The zero-order valence-electron chi connectivity index (χ0n) is 9.80. The minimum Gasteiger partial charge on any atom is -0.366 e. The van der Waals surface area contributed by atoms with Crippen molar-refractivity contribution >= 4 is 17.8 Å². The molecule has 0 unspecified atom stereocenters. The molecule has 3 rings (SSSR count). The van der Waals surface area contributed by atoms with Crippen molar-refractivity contribution in [1.29, 1.82) is 0 Å². The Labute approximate surface area is 101 Å². The van der Waals surface area contributed by atoms with Gasteiger partial charge in [0.2, 0.25) is 6.41 Å². The Morgan fingerprint density at radius 3 is 2.76 bits per heavy atom. The van der Waals surface area contributed by atoms with E-state index < -0.39 is 0 Å². The molecule has 1 N–H and O–H groups in total. The minimum absolute atomic E-state index is 0.558. The molecule has 1 aromatic carbocycles. The summed E-state index contributed by atoms with van der Waals surface area (Å²) in [7, 11) is 0. The summed E-state index contributed by atoms with van der Waals surface area (Å²) < 4.78 is 0. The van der Waals surface area contributed by atoms with E-state index in [0.717, 1.165) is 39.0 Å². The van der Waals surface area contributed by atoms with E-state index in [1.807, 2.05) is 4.90 Å². The Morgan fingerprint density at radius 2 is 2.00 bits per heavy atom. The summed E-state index contributed by atoms with van der Waals surface area (Å²) >= 11 is 0. The van der Waals surface area contributed by atoms with Crippen molar-refractivity contribution < 1.29 is 4.79 Å². The van der Waals surface area contributed by atoms with Crippen molar-refractivity contribution in [3.63, 3.8) is 0 Å². The predicted molar refractivity (Wildman–Crippen MR) is 68.1 cm³/mol. The van der Waals surface area contributed by atoms with Crippen LogP contribution in [0.3, 0.4) is 0 Å². The lowest BCUT2D eigenvalue weighted by Crippen LogP contribution is -2.44. The molecule has 1 saturated heterocycles. The van der Waals surface area contributed by atoms with Crippen LogP contribution in [0.5, 0.6) is 0 Å². The van der Waals surface area contributed by atoms with Crippen molar-refractivity contribution in [3.05, 3.63) is 24.3 Å². The Bertz CT molecular complexity index is 413. The first-order valence-corrected chi connectivity index (χ1v) is 6.17. The number of benzene rings is 1. The summed E-state index contributed by atoms with van der Waals surface area (Å²) in [5.41, 5.74) is 2.53. The molecule has 0 bridgehead atoms. The number of carbonyl (C=O) groups is 1. The molecule has 1 aromatic rings. The lowest BCUT2D eigenvalue weighted by molar-refractivity contribution is -0.119. The second kappa shape index (κ2) is 4.28. The van der Waals surface area contributed by atoms with Crippen LogP contribution in [-0.4, -0.2) is 37.1 Å². The van der Waals surface area contributed by atoms with Crippen LogP contribution < -0.4 is 10.2 Å². The summed E-state index contributed by atoms with van der Waals surface area (Å²) in [6.45, 7) is 2.66. The monoisotopic (exact) mass is 231 g/mol. The third kappa shape index (κ3) is 1.84. The molecule has 0 saturated carbocycles. The van der Waals surface area contributed by atoms with Crippen LogP contribution in [0.2, 0.25) is 0 Å². The van der Waals surface area contributed by atoms with Crippen LogP contribution in [0.25, 0.3) is 0 Å². The van der Waals surface area contributed by atoms with E-state index in [9.17, 15) is 4.79 Å². The second-order valence-electron chi connectivity index (χ2n) is 4.69. The normalized spacial score (nSPS) is 20.0. The van der Waals surface area contributed by atoms with E-state index in [2.05, 4.69) is 34.5 Å². The molecule has 2 heterocycles. The van der Waals surface area contributed by atoms with Gasteiger partial charge >= 0.3 is 0 Å². The maximum absolute atomic E-state index is 10.7. The van der Waals surface area contributed by atoms with Gasteiger partial charge in [-0.2, -0.15) is 0 Å². The number of rotatable bonds is 2. The summed E-state index contributed by atoms with van der Waals surface area (Å²) in [6.07, 6.45) is 3.09. The van der Waals surface area contributed by atoms with Gasteiger partial charge in [-0.1, -0.05) is 12.1 Å². The van der Waals surface area contributed by atoms with Crippen molar-refractivity contribution in [2.45, 2.75) is 18.9 Å². The molecule has 1 amide bonds. The number of carbonyl (C=O) groups excluding carboxylic acids is 1. The fourth-order valence-corrected chi connectivity index (χ4v) is 2.76. The highest BCUT2D eigenvalue weighted by Gasteiger charge is 2.28. The third-order valence-electron chi connectivity index (χ3n) is 3.74. The molecule has 4 heteroatoms. The van der Waals surface area contributed by atoms with E-state index in [1.165, 1.54) is 11.4 Å². The van der Waals surface area contributed by atoms with Gasteiger partial charge in [0.25, 0.3) is 0 Å². The highest BCUT2D eigenvalue weighted by molar-refractivity contribution is 5.75. The Morgan fingerprint density at radius 1 is 1.24 bits per heavy atom. The van der Waals surface area contributed by atoms with Gasteiger partial charge in [0.1, 0.15) is 0 Å². The Hall–Kier alpha value is -1.71. The van der Waals surface area contributed by atoms with Gasteiger partial charge in [-0.25, -0.2) is 0 Å². The topological polar surface area (TPSA) is 35.6 Å². The van der Waals surface area contributed by atoms with Crippen molar-refractivity contribution in [2.75, 3.05) is 30.0 Å². The van der Waals surface area contributed by atoms with E-state index >= 15 is 0 Å². The molecule has 2 aliphatic rings. The molecule has 0 spiro atoms. The molecule has 0 aliphatic carbocycles. The molecule has 2 aliphatic heterocycles. The van der Waals surface area contributed by atoms with Gasteiger partial charge in [-0.05, 0) is 25.0 Å². The van der Waals surface area contributed by atoms with Crippen molar-refractivity contribution in [2.24, 2.45) is 0 Å². The number of amides is 1. The van der Waals surface area contributed by atoms with E-state index in [4.69, 9.17) is 0 Å². The summed E-state index contributed by atoms with van der Waals surface area (Å²) in [5, 5.41) is 3.42. The van der Waals surface area contributed by atoms with Crippen LogP contribution in [0, 0.1) is 0 Å². The number of hydrogen-bond acceptors (Lipinski definition) is 3. The quantitative estimate of drug-likeness (QED) is 0.783. The number of para-hydroxylation sites is 2. The largest absolute Gasteiger partial charge is 0.366 e. The minimum atomic E-state index is 0.558. The smallest absolute Gasteiger partial charge is 0.209 e. The standard InChI is InChI=1S/C13H17N3O/c17-10-15-7-5-11(6-8-15)16-9-14-12-3-1-2-4-13(12)16/h1-4,10-11,14H,5-9H2. The molecular weight excluding hydrogens is 214 g/mol. The first-order valence-electron chi connectivity index (χ1n) is 6.17. The zero-order chi connectivity index (χ0) is 11.7. The first-order chi connectivity index (χ1) is 8.38. The molecular formula is C13H17N3O. The number of likely N-dealkylation sites (tertiary alicyclic amines) is 1. The number of nitrogens with zero attached hydrogens (tertiary/aromatic N) is 2. The maximum Gasteiger partial charge on any atom is 0.209 e. The maximum atomic E-state index is 10.7. The van der Waals surface area contributed by atoms with Crippen molar-refractivity contribution in [1.82, 2.24) is 4.90 Å². The number of anilines is 2. The molecule has 4 nitrogen and oxygen atoms in total. The molecule has 90 valence electrons. The third-order valence-corrected chi connectivity index (χ3v) is 3.74. The summed E-state index contributed by atoms with van der Waals surface area (Å²) in [4.78, 5) is 15.0. The van der Waals surface area contributed by atoms with Crippen LogP contribution in [0.15, 0.2) is 24.3 Å². The van der Waals surface area contributed by atoms with Crippen LogP contribution in [-0.2, 0) is 4.79 Å². The van der Waals surface area contributed by atoms with Crippen LogP contribution in [0.4, 0.5) is 11.4 Å². The lowest BCUT2D eigenvalue weighted by Gasteiger charge is -2.36. The SMILES string of the molecule is O=CN1CCC(N2CNc3ccccc32)CC1. The summed E-state index contributed by atoms with van der Waals surface area (Å²) in [5.74, 6) is 0. The highest BCUT2D eigenvalue weighted by Crippen LogP contribution is 2.34. The van der Waals surface area contributed by atoms with Crippen LogP contribution in [0.1, 0.15) is 12.8 Å². The Balaban J connectivity index is 1.73. The van der Waals surface area contributed by atoms with E-state index in [-0.39, 0.29) is 0 Å². The highest BCUT2D eigenvalue weighted by atomic mass is 16.1. The number of hydrogen-bond donors (Lipinski definition) is 1. The number of fused-ring (bicyclic) bond motifs is 1. The van der Waals surface area contributed by atoms with Gasteiger partial charge < -0.3 is 15.1 Å². The van der Waals surface area contributed by atoms with E-state index in [0.29, 0.717) is 6.04 Å². The fraction of sp³-hybridized carbons (Fsp3) is 0.462. The van der Waals surface area contributed by atoms with Crippen LogP contribution >= 0.6 is 0 Å². The first kappa shape index (κ1) is 10.4. The van der Waals surface area contributed by atoms with Gasteiger partial charge in [-0.15, -0.1) is 0 Å². The summed E-state index contributed by atoms with van der Waals surface area (Å²) in [6, 6.07) is 8.99. The van der Waals surface area contributed by atoms with Gasteiger partial charge in [-0.3, -0.25) is 4.79 Å². The molecule has 0 atom stereocenters. The molecule has 0 radical (unpaired) electrons. The zero-order valence-corrected chi connectivity index (χ0v) is 9.80. The fourth-order valence-electron chi connectivity index (χ4n) is 2.76. The second-order valence-corrected chi connectivity index (χ2v) is 4.69.